The van der Waals surface area contributed by atoms with E-state index >= 15 is 0 Å². The van der Waals surface area contributed by atoms with E-state index in [9.17, 15) is 45.6 Å². The van der Waals surface area contributed by atoms with Crippen LogP contribution in [0.25, 0.3) is 0 Å². The molecule has 1 aliphatic heterocycles. The fourth-order valence-electron chi connectivity index (χ4n) is 13.0. The molecule has 6 aliphatic rings. The van der Waals surface area contributed by atoms with Crippen LogP contribution in [0, 0.1) is 50.2 Å². The quantitative estimate of drug-likeness (QED) is 0.160. The predicted molar refractivity (Wildman–Crippen MR) is 174 cm³/mol. The van der Waals surface area contributed by atoms with E-state index in [1.54, 1.807) is 6.92 Å². The number of rotatable bonds is 3. The van der Waals surface area contributed by atoms with Crippen LogP contribution >= 0.6 is 0 Å². The van der Waals surface area contributed by atoms with Crippen molar-refractivity contribution >= 4 is 5.97 Å². The number of fused-ring (bicyclic) bond motifs is 7. The molecular formula is C37H60O11. The Morgan fingerprint density at radius 2 is 1.54 bits per heavy atom. The molecule has 11 nitrogen and oxygen atoms in total. The van der Waals surface area contributed by atoms with Crippen LogP contribution in [0.2, 0.25) is 0 Å². The topological polar surface area (TPSA) is 197 Å². The number of ether oxygens (including phenoxy) is 2. The van der Waals surface area contributed by atoms with E-state index in [1.807, 2.05) is 33.8 Å². The van der Waals surface area contributed by atoms with Gasteiger partial charge in [-0.15, -0.1) is 0 Å². The first-order chi connectivity index (χ1) is 22.0. The maximum absolute atomic E-state index is 14.7. The zero-order valence-electron chi connectivity index (χ0n) is 29.9. The molecule has 274 valence electrons. The number of carbonyl (C=O) groups excluding carboxylic acids is 1. The summed E-state index contributed by atoms with van der Waals surface area (Å²) in [7, 11) is 0. The van der Waals surface area contributed by atoms with Crippen LogP contribution in [0.5, 0.6) is 0 Å². The third-order valence-electron chi connectivity index (χ3n) is 16.3. The Balaban J connectivity index is 1.46. The van der Waals surface area contributed by atoms with Gasteiger partial charge in [0, 0.05) is 11.3 Å². The van der Waals surface area contributed by atoms with Gasteiger partial charge < -0.3 is 50.3 Å². The Bertz CT molecular complexity index is 1330. The van der Waals surface area contributed by atoms with Gasteiger partial charge in [-0.3, -0.25) is 4.79 Å². The van der Waals surface area contributed by atoms with E-state index in [1.165, 1.54) is 0 Å². The van der Waals surface area contributed by atoms with Crippen LogP contribution in [0.3, 0.4) is 0 Å². The number of carbonyl (C=O) groups is 1. The Kier molecular flexibility index (Phi) is 8.53. The molecule has 48 heavy (non-hydrogen) atoms. The smallest absolute Gasteiger partial charge is 0.315 e. The molecule has 5 fully saturated rings. The van der Waals surface area contributed by atoms with Crippen LogP contribution in [0.4, 0.5) is 0 Å². The standard InChI is InChI=1S/C37H60O11/c1-18-9-12-37(30(45)48-29-26(43)25(42)24(41)21(17-38)47-29)14-13-33(5)23(35(37,7)36(18,8)46)15-19(39)27-32(4)16-20(40)28(44)31(2,3)22(32)10-11-34(27,33)6/h15,18-22,24-29,38-44,46H,9-14,16-17H2,1-8H3. The number of aliphatic hydroxyl groups is 8. The summed E-state index contributed by atoms with van der Waals surface area (Å²) in [6.45, 7) is 15.6. The van der Waals surface area contributed by atoms with Crippen molar-refractivity contribution in [3.05, 3.63) is 11.6 Å². The Hall–Kier alpha value is -1.15. The largest absolute Gasteiger partial charge is 0.432 e. The molecule has 1 heterocycles. The highest BCUT2D eigenvalue weighted by Crippen LogP contribution is 2.79. The van der Waals surface area contributed by atoms with Gasteiger partial charge in [-0.2, -0.15) is 0 Å². The maximum atomic E-state index is 14.7. The second-order valence-electron chi connectivity index (χ2n) is 18.3. The highest BCUT2D eigenvalue weighted by molar-refractivity contribution is 5.80. The maximum Gasteiger partial charge on any atom is 0.315 e. The molecule has 0 aromatic rings. The van der Waals surface area contributed by atoms with Gasteiger partial charge in [0.15, 0.2) is 0 Å². The normalized spacial score (nSPS) is 57.7. The van der Waals surface area contributed by atoms with Gasteiger partial charge in [0.25, 0.3) is 0 Å². The van der Waals surface area contributed by atoms with Crippen molar-refractivity contribution in [1.82, 2.24) is 0 Å². The van der Waals surface area contributed by atoms with Crippen molar-refractivity contribution in [3.63, 3.8) is 0 Å². The van der Waals surface area contributed by atoms with Gasteiger partial charge in [-0.05, 0) is 85.4 Å². The van der Waals surface area contributed by atoms with E-state index in [4.69, 9.17) is 9.47 Å². The summed E-state index contributed by atoms with van der Waals surface area (Å²) < 4.78 is 11.5. The highest BCUT2D eigenvalue weighted by Gasteiger charge is 2.77. The van der Waals surface area contributed by atoms with E-state index in [2.05, 4.69) is 20.8 Å². The van der Waals surface area contributed by atoms with E-state index < -0.39 is 99.7 Å². The lowest BCUT2D eigenvalue weighted by Gasteiger charge is -2.75. The van der Waals surface area contributed by atoms with Crippen LogP contribution in [0.1, 0.15) is 100 Å². The second kappa shape index (κ2) is 11.2. The number of esters is 1. The first-order valence-corrected chi connectivity index (χ1v) is 18.0. The monoisotopic (exact) mass is 680 g/mol. The number of hydrogen-bond donors (Lipinski definition) is 8. The molecule has 0 radical (unpaired) electrons. The molecule has 0 aromatic carbocycles. The molecule has 0 amide bonds. The van der Waals surface area contributed by atoms with Crippen molar-refractivity contribution in [2.24, 2.45) is 50.2 Å². The second-order valence-corrected chi connectivity index (χ2v) is 18.3. The van der Waals surface area contributed by atoms with Crippen molar-refractivity contribution < 1.29 is 55.1 Å². The summed E-state index contributed by atoms with van der Waals surface area (Å²) in [6.07, 6.45) is -5.13. The first-order valence-electron chi connectivity index (χ1n) is 18.0. The van der Waals surface area contributed by atoms with Crippen molar-refractivity contribution in [3.8, 4) is 0 Å². The summed E-state index contributed by atoms with van der Waals surface area (Å²) in [5, 5.41) is 88.5. The molecular weight excluding hydrogens is 620 g/mol. The lowest BCUT2D eigenvalue weighted by atomic mass is 9.30. The summed E-state index contributed by atoms with van der Waals surface area (Å²) in [5.74, 6) is -1.13. The summed E-state index contributed by atoms with van der Waals surface area (Å²) in [4.78, 5) is 14.7. The average Bonchev–Trinajstić information content (AvgIpc) is 3.00. The van der Waals surface area contributed by atoms with Crippen LogP contribution in [0.15, 0.2) is 11.6 Å². The number of hydrogen-bond acceptors (Lipinski definition) is 11. The fraction of sp³-hybridized carbons (Fsp3) is 0.919. The summed E-state index contributed by atoms with van der Waals surface area (Å²) >= 11 is 0. The van der Waals surface area contributed by atoms with Gasteiger partial charge in [-0.25, -0.2) is 0 Å². The molecule has 5 aliphatic carbocycles. The third-order valence-corrected chi connectivity index (χ3v) is 16.3. The van der Waals surface area contributed by atoms with Gasteiger partial charge in [0.05, 0.1) is 35.9 Å². The Morgan fingerprint density at radius 3 is 2.17 bits per heavy atom. The minimum Gasteiger partial charge on any atom is -0.432 e. The molecule has 6 rings (SSSR count). The van der Waals surface area contributed by atoms with Crippen LogP contribution in [-0.4, -0.2) is 108 Å². The fourth-order valence-corrected chi connectivity index (χ4v) is 13.0. The molecule has 0 spiro atoms. The molecule has 1 saturated heterocycles. The molecule has 0 aromatic heterocycles. The summed E-state index contributed by atoms with van der Waals surface area (Å²) in [5.41, 5.74) is -5.26. The highest BCUT2D eigenvalue weighted by atomic mass is 16.7. The van der Waals surface area contributed by atoms with Gasteiger partial charge in [0.1, 0.15) is 24.4 Å². The van der Waals surface area contributed by atoms with E-state index in [-0.39, 0.29) is 17.8 Å². The minimum absolute atomic E-state index is 0.0549. The van der Waals surface area contributed by atoms with Gasteiger partial charge >= 0.3 is 5.97 Å². The molecule has 11 heteroatoms. The molecule has 17 atom stereocenters. The van der Waals surface area contributed by atoms with Crippen molar-refractivity contribution in [2.45, 2.75) is 155 Å². The van der Waals surface area contributed by atoms with Crippen molar-refractivity contribution in [1.29, 1.82) is 0 Å². The van der Waals surface area contributed by atoms with Gasteiger partial charge in [0.2, 0.25) is 6.29 Å². The third kappa shape index (κ3) is 4.29. The first kappa shape index (κ1) is 36.6. The van der Waals surface area contributed by atoms with E-state index in [0.29, 0.717) is 32.1 Å². The lowest BCUT2D eigenvalue weighted by Crippen LogP contribution is -2.74. The number of aliphatic hydroxyl groups excluding tert-OH is 7. The zero-order chi connectivity index (χ0) is 35.8. The Morgan fingerprint density at radius 1 is 0.896 bits per heavy atom. The Labute approximate surface area is 284 Å². The SMILES string of the molecule is CC1CCC2(C(=O)OC3OC(CO)C(O)C(O)C3O)CCC3(C)C(=CC(O)C4C5(C)CC(O)C(O)C(C)(C)C5CCC43C)C2(C)C1(C)O. The van der Waals surface area contributed by atoms with Gasteiger partial charge in [-0.1, -0.05) is 60.1 Å². The van der Waals surface area contributed by atoms with Crippen LogP contribution < -0.4 is 0 Å². The van der Waals surface area contributed by atoms with Crippen molar-refractivity contribution in [2.75, 3.05) is 6.61 Å². The predicted octanol–water partition coefficient (Wildman–Crippen LogP) is 1.79. The molecule has 8 N–H and O–H groups in total. The molecule has 17 unspecified atom stereocenters. The van der Waals surface area contributed by atoms with Crippen LogP contribution in [-0.2, 0) is 14.3 Å². The van der Waals surface area contributed by atoms with E-state index in [0.717, 1.165) is 18.4 Å². The zero-order valence-corrected chi connectivity index (χ0v) is 29.9. The molecule has 0 bridgehead atoms. The molecule has 4 saturated carbocycles. The minimum atomic E-state index is -1.76. The average molecular weight is 681 g/mol. The lowest BCUT2D eigenvalue weighted by molar-refractivity contribution is -0.304. The summed E-state index contributed by atoms with van der Waals surface area (Å²) in [6, 6.07) is 0.